The van der Waals surface area contributed by atoms with E-state index < -0.39 is 183 Å². The molecule has 5 aliphatic rings. The molecule has 3 aliphatic heterocycles. The molecule has 10 rings (SSSR count). The fourth-order valence-corrected chi connectivity index (χ4v) is 21.3. The van der Waals surface area contributed by atoms with E-state index in [2.05, 4.69) is 37.2 Å². The number of urea groups is 1. The Morgan fingerprint density at radius 2 is 1.02 bits per heavy atom. The number of nitrogens with zero attached hydrogens (tertiary/aromatic N) is 6. The topological polar surface area (TPSA) is 656 Å². The van der Waals surface area contributed by atoms with Gasteiger partial charge in [-0.05, 0) is 235 Å². The molecule has 0 bridgehead atoms. The van der Waals surface area contributed by atoms with E-state index in [9.17, 15) is 135 Å². The maximum absolute atomic E-state index is 14.6. The van der Waals surface area contributed by atoms with Gasteiger partial charge in [0.05, 0.1) is 52.0 Å². The highest BCUT2D eigenvalue weighted by molar-refractivity contribution is 7.86. The van der Waals surface area contributed by atoms with Gasteiger partial charge in [-0.3, -0.25) is 81.0 Å². The van der Waals surface area contributed by atoms with Crippen LogP contribution in [0, 0.1) is 11.8 Å². The lowest BCUT2D eigenvalue weighted by atomic mass is 9.81. The number of ether oxygens (including phenoxy) is 1. The molecule has 5 aromatic rings. The molecule has 1 saturated carbocycles. The Bertz CT molecular complexity index is 6330. The Labute approximate surface area is 865 Å². The second-order valence-corrected chi connectivity index (χ2v) is 45.0. The van der Waals surface area contributed by atoms with Gasteiger partial charge in [-0.1, -0.05) is 62.4 Å². The number of hydrogen-bond donors (Lipinski definition) is 17. The number of amides is 7. The number of nitrogens with one attached hydrogen (secondary N) is 7. The van der Waals surface area contributed by atoms with Crippen molar-refractivity contribution in [1.82, 2.24) is 56.8 Å². The van der Waals surface area contributed by atoms with Crippen LogP contribution in [0.2, 0.25) is 0 Å². The molecule has 2 fully saturated rings. The number of anilines is 1. The van der Waals surface area contributed by atoms with Crippen LogP contribution in [0.25, 0.3) is 10.8 Å². The van der Waals surface area contributed by atoms with Gasteiger partial charge in [0.25, 0.3) is 40.5 Å². The molecule has 5 aromatic carbocycles. The fraction of sp³-hybridized carbons (Fsp3) is 0.515. The SMILES string of the molecule is CC1(C)C(/C=C/C2=C(Oc3ccc(S(=O)(=O)O)cc3)C(=C/C=C3/N(CCCCS(=O)(=O)O)c4ccc(S(=O)(=O)O)cc4C3(C)C)/CCC2)=[N+](CCCCCC(=O)NCCCCC(NC(=O)CN2CCN(CC(=O)O)CCN(CC(=O)O)CCN(CC(=O)O)CC2)C(=O)NCC2CCC(C(=O)NC(Cc3ccc4ccccc4c3)C(=O)NCCCCC(NC(=O)NC(CCC(=O)O)C(=O)O)C(=O)O)CC2)c2ccc(S(=O)(=O)O)cc21. The molecule has 3 heterocycles. The van der Waals surface area contributed by atoms with Crippen LogP contribution in [0.15, 0.2) is 165 Å². The van der Waals surface area contributed by atoms with Gasteiger partial charge >= 0.3 is 41.8 Å². The average Bonchev–Trinajstić information content (AvgIpc) is 1.59. The number of hydrogen-bond acceptors (Lipinski definition) is 26. The van der Waals surface area contributed by atoms with E-state index in [0.29, 0.717) is 134 Å². The Kier molecular flexibility index (Phi) is 43.1. The number of rotatable bonds is 53. The van der Waals surface area contributed by atoms with Gasteiger partial charge in [0, 0.05) is 145 Å². The number of carboxylic acids is 6. The summed E-state index contributed by atoms with van der Waals surface area (Å²) >= 11 is 0. The first-order valence-corrected chi connectivity index (χ1v) is 55.6. The van der Waals surface area contributed by atoms with E-state index in [0.717, 1.165) is 16.3 Å². The molecule has 1 saturated heterocycles. The Morgan fingerprint density at radius 3 is 1.59 bits per heavy atom. The van der Waals surface area contributed by atoms with Crippen molar-refractivity contribution in [3.05, 3.63) is 167 Å². The number of unbranched alkanes of at least 4 members (excludes halogenated alkanes) is 5. The minimum absolute atomic E-state index is 0.0268. The van der Waals surface area contributed by atoms with Crippen LogP contribution < -0.4 is 46.9 Å². The number of carboxylic acid groups (broad SMARTS) is 6. The molecule has 44 nitrogen and oxygen atoms in total. The molecule has 814 valence electrons. The molecular formula is C101H136N13O31S4+. The maximum atomic E-state index is 14.6. The van der Waals surface area contributed by atoms with Crippen LogP contribution in [-0.2, 0) is 110 Å². The van der Waals surface area contributed by atoms with Crippen molar-refractivity contribution >= 4 is 140 Å². The largest absolute Gasteiger partial charge is 0.481 e. The molecule has 17 N–H and O–H groups in total. The summed E-state index contributed by atoms with van der Waals surface area (Å²) in [6.07, 6.45) is 12.4. The summed E-state index contributed by atoms with van der Waals surface area (Å²) in [5, 5.41) is 78.7. The second kappa shape index (κ2) is 54.3. The number of carbonyl (C=O) groups is 12. The molecule has 7 amide bonds. The zero-order valence-electron chi connectivity index (χ0n) is 83.7. The van der Waals surface area contributed by atoms with Crippen molar-refractivity contribution in [3.63, 3.8) is 0 Å². The summed E-state index contributed by atoms with van der Waals surface area (Å²) in [5.41, 5.74) is 3.83. The number of fused-ring (bicyclic) bond motifs is 3. The van der Waals surface area contributed by atoms with Gasteiger partial charge in [-0.2, -0.15) is 38.2 Å². The lowest BCUT2D eigenvalue weighted by molar-refractivity contribution is -0.438. The third-order valence-corrected chi connectivity index (χ3v) is 30.7. The number of allylic oxidation sites excluding steroid dienone is 7. The summed E-state index contributed by atoms with van der Waals surface area (Å²) in [6, 6.07) is 20.4. The van der Waals surface area contributed by atoms with Crippen LogP contribution >= 0.6 is 0 Å². The van der Waals surface area contributed by atoms with Crippen LogP contribution in [0.1, 0.15) is 179 Å². The first kappa shape index (κ1) is 118. The zero-order valence-corrected chi connectivity index (χ0v) is 87.0. The van der Waals surface area contributed by atoms with Crippen LogP contribution in [0.3, 0.4) is 0 Å². The molecule has 0 aromatic heterocycles. The lowest BCUT2D eigenvalue weighted by Gasteiger charge is -2.33. The average molecular weight is 2160 g/mol. The summed E-state index contributed by atoms with van der Waals surface area (Å²) in [5.74, 6) is -10.7. The Hall–Kier alpha value is -12.5. The summed E-state index contributed by atoms with van der Waals surface area (Å²) < 4.78 is 147. The summed E-state index contributed by atoms with van der Waals surface area (Å²) in [4.78, 5) is 162. The smallest absolute Gasteiger partial charge is 0.326 e. The van der Waals surface area contributed by atoms with Crippen molar-refractivity contribution in [2.24, 2.45) is 11.8 Å². The highest BCUT2D eigenvalue weighted by atomic mass is 32.2. The van der Waals surface area contributed by atoms with Crippen molar-refractivity contribution in [2.45, 2.75) is 219 Å². The lowest BCUT2D eigenvalue weighted by Crippen LogP contribution is -2.52. The number of benzene rings is 5. The van der Waals surface area contributed by atoms with Crippen molar-refractivity contribution in [2.75, 3.05) is 122 Å². The van der Waals surface area contributed by atoms with E-state index in [1.807, 2.05) is 104 Å². The maximum Gasteiger partial charge on any atom is 0.326 e. The molecule has 0 spiro atoms. The number of carbonyl (C=O) groups excluding carboxylic acids is 6. The molecule has 149 heavy (non-hydrogen) atoms. The quantitative estimate of drug-likeness (QED) is 0.0105. The van der Waals surface area contributed by atoms with Gasteiger partial charge in [-0.25, -0.2) is 14.4 Å². The Balaban J connectivity index is 0.808. The third-order valence-electron chi connectivity index (χ3n) is 27.4. The fourth-order valence-electron chi connectivity index (χ4n) is 19.2. The van der Waals surface area contributed by atoms with Gasteiger partial charge in [-0.15, -0.1) is 0 Å². The third kappa shape index (κ3) is 36.4. The highest BCUT2D eigenvalue weighted by Crippen LogP contribution is 2.50. The molecule has 4 atom stereocenters. The van der Waals surface area contributed by atoms with Gasteiger partial charge in [0.1, 0.15) is 42.2 Å². The predicted molar refractivity (Wildman–Crippen MR) is 547 cm³/mol. The van der Waals surface area contributed by atoms with Gasteiger partial charge in [0.15, 0.2) is 5.71 Å². The van der Waals surface area contributed by atoms with Gasteiger partial charge in [0.2, 0.25) is 35.2 Å². The van der Waals surface area contributed by atoms with Crippen molar-refractivity contribution in [3.8, 4) is 5.75 Å². The van der Waals surface area contributed by atoms with Crippen LogP contribution in [0.4, 0.5) is 16.2 Å². The van der Waals surface area contributed by atoms with E-state index in [-0.39, 0.29) is 170 Å². The van der Waals surface area contributed by atoms with E-state index in [1.165, 1.54) is 48.5 Å². The van der Waals surface area contributed by atoms with E-state index >= 15 is 0 Å². The normalized spacial score (nSPS) is 18.6. The monoisotopic (exact) mass is 2150 g/mol. The minimum Gasteiger partial charge on any atom is -0.481 e. The first-order chi connectivity index (χ1) is 70.3. The molecule has 2 aliphatic carbocycles. The highest BCUT2D eigenvalue weighted by Gasteiger charge is 2.46. The molecule has 4 unspecified atom stereocenters. The zero-order chi connectivity index (χ0) is 109. The standard InChI is InChI=1S/C101H135N13O31S4/c1-100(2)77-59-75(148(139,140)141)36-39-83(77)113(85(100)41-30-69-19-16-20-70(93(69)145-73-32-34-74(35-33-73)147(136,137)138)31-42-86-101(3,4)78-60-76(149(142,143)144)37-40-84(78)114(86)47-14-15-56-146(133,134)135)46-13-5-6-23-87(115)102-44-11-9-21-79(105-88(116)62-109-48-50-110(63-90(119)120)52-54-112(65-92(123)124)55-53-111(51-49-109)64-91(121)122)95(126)104-61-66-24-28-71(29-25-66)94(125)106-82(58-67-26-27-68-17-7-8-18-72(68)57-67)96(127)103-45-12-10-22-80(97(128)129)107-99(132)108-81(98(130)131)38-43-89(117)118/h7-8,17-18,26-27,30-37,39-42,57,59-60,66,71,79-82H,5-6,9-16,19-25,28-29,38,43-56,58,61-65H2,1-4H3,(H16-,102,103,104,105,106,107,108,115,116,117,118,119,120,121,122,123,124,125,126,127,128,129,130,131,132,133,134,135,136,137,138,139,140,141,142,143,144)/p+1. The van der Waals surface area contributed by atoms with E-state index in [4.69, 9.17) is 9.84 Å². The van der Waals surface area contributed by atoms with Crippen molar-refractivity contribution < 1.29 is 149 Å². The first-order valence-electron chi connectivity index (χ1n) is 49.7. The molecule has 48 heteroatoms. The van der Waals surface area contributed by atoms with Crippen LogP contribution in [-0.4, -0.2) is 325 Å². The predicted octanol–water partition coefficient (Wildman–Crippen LogP) is 7.12. The van der Waals surface area contributed by atoms with Crippen LogP contribution in [0.5, 0.6) is 5.75 Å². The van der Waals surface area contributed by atoms with Gasteiger partial charge < -0.3 is 77.5 Å². The summed E-state index contributed by atoms with van der Waals surface area (Å²) in [6.45, 7) is 7.81. The Morgan fingerprint density at radius 1 is 0.477 bits per heavy atom. The van der Waals surface area contributed by atoms with Crippen molar-refractivity contribution in [1.29, 1.82) is 0 Å². The molecular weight excluding hydrogens is 2020 g/mol. The number of aliphatic carboxylic acids is 6. The second-order valence-electron chi connectivity index (χ2n) is 39.2. The summed E-state index contributed by atoms with van der Waals surface area (Å²) in [7, 11) is -18.3. The molecule has 0 radical (unpaired) electrons. The van der Waals surface area contributed by atoms with E-state index in [1.54, 1.807) is 31.7 Å². The minimum atomic E-state index is -4.70.